The number of phenols is 1. The van der Waals surface area contributed by atoms with Crippen molar-refractivity contribution in [2.45, 2.75) is 4.90 Å². The van der Waals surface area contributed by atoms with Crippen molar-refractivity contribution in [3.8, 4) is 11.5 Å². The molecule has 1 aromatic heterocycles. The monoisotopic (exact) mass is 314 g/mol. The second-order valence-corrected chi connectivity index (χ2v) is 5.88. The Morgan fingerprint density at radius 3 is 2.60 bits per heavy atom. The quantitative estimate of drug-likeness (QED) is 0.845. The Balaban J connectivity index is 2.28. The Hall–Kier alpha value is -1.99. The van der Waals surface area contributed by atoms with Crippen LogP contribution >= 0.6 is 11.6 Å². The summed E-state index contributed by atoms with van der Waals surface area (Å²) in [6.45, 7) is 0. The number of aromatic hydroxyl groups is 1. The van der Waals surface area contributed by atoms with E-state index in [9.17, 15) is 13.5 Å². The molecule has 2 N–H and O–H groups in total. The van der Waals surface area contributed by atoms with Crippen molar-refractivity contribution in [2.75, 3.05) is 11.8 Å². The Labute approximate surface area is 121 Å². The molecular weight excluding hydrogens is 304 g/mol. The molecule has 0 fully saturated rings. The molecule has 0 unspecified atom stereocenters. The summed E-state index contributed by atoms with van der Waals surface area (Å²) >= 11 is 5.60. The van der Waals surface area contributed by atoms with Gasteiger partial charge in [-0.2, -0.15) is 0 Å². The van der Waals surface area contributed by atoms with Gasteiger partial charge in [0.2, 0.25) is 0 Å². The van der Waals surface area contributed by atoms with E-state index in [0.717, 1.165) is 6.20 Å². The normalized spacial score (nSPS) is 11.1. The molecule has 1 aromatic carbocycles. The fourth-order valence-electron chi connectivity index (χ4n) is 1.49. The van der Waals surface area contributed by atoms with Crippen molar-refractivity contribution in [1.82, 2.24) is 4.98 Å². The summed E-state index contributed by atoms with van der Waals surface area (Å²) in [7, 11) is -2.39. The van der Waals surface area contributed by atoms with Crippen LogP contribution in [0.4, 0.5) is 5.69 Å². The standard InChI is InChI=1S/C12H11ClN2O4S/c1-19-11-4-2-8(6-10(11)16)15-20(17,18)9-3-5-12(13)14-7-9/h2-7,15-16H,1H3. The highest BCUT2D eigenvalue weighted by Crippen LogP contribution is 2.29. The fourth-order valence-corrected chi connectivity index (χ4v) is 2.59. The van der Waals surface area contributed by atoms with Gasteiger partial charge in [0.15, 0.2) is 11.5 Å². The fraction of sp³-hybridized carbons (Fsp3) is 0.0833. The maximum atomic E-state index is 12.1. The van der Waals surface area contributed by atoms with Crippen molar-refractivity contribution >= 4 is 27.3 Å². The van der Waals surface area contributed by atoms with Gasteiger partial charge in [0.05, 0.1) is 12.8 Å². The number of halogens is 1. The summed E-state index contributed by atoms with van der Waals surface area (Å²) in [6.07, 6.45) is 1.15. The van der Waals surface area contributed by atoms with E-state index in [1.165, 1.54) is 37.4 Å². The zero-order chi connectivity index (χ0) is 14.8. The minimum Gasteiger partial charge on any atom is -0.504 e. The summed E-state index contributed by atoms with van der Waals surface area (Å²) in [5, 5.41) is 9.81. The van der Waals surface area contributed by atoms with Crippen LogP contribution in [-0.2, 0) is 10.0 Å². The van der Waals surface area contributed by atoms with Crippen LogP contribution in [0.2, 0.25) is 5.15 Å². The van der Waals surface area contributed by atoms with Gasteiger partial charge in [0.1, 0.15) is 10.0 Å². The first-order valence-electron chi connectivity index (χ1n) is 5.44. The van der Waals surface area contributed by atoms with Gasteiger partial charge in [0.25, 0.3) is 10.0 Å². The number of methoxy groups -OCH3 is 1. The number of phenolic OH excluding ortho intramolecular Hbond substituents is 1. The number of sulfonamides is 1. The average molecular weight is 315 g/mol. The zero-order valence-corrected chi connectivity index (χ0v) is 11.9. The molecule has 0 aliphatic carbocycles. The molecule has 2 aromatic rings. The average Bonchev–Trinajstić information content (AvgIpc) is 2.39. The SMILES string of the molecule is COc1ccc(NS(=O)(=O)c2ccc(Cl)nc2)cc1O. The maximum Gasteiger partial charge on any atom is 0.263 e. The molecule has 0 saturated heterocycles. The molecule has 0 aliphatic rings. The molecule has 0 amide bonds. The third kappa shape index (κ3) is 3.12. The van der Waals surface area contributed by atoms with Crippen LogP contribution in [0.15, 0.2) is 41.4 Å². The molecule has 106 valence electrons. The van der Waals surface area contributed by atoms with Gasteiger partial charge in [-0.15, -0.1) is 0 Å². The molecule has 20 heavy (non-hydrogen) atoms. The first kappa shape index (κ1) is 14.4. The summed E-state index contributed by atoms with van der Waals surface area (Å²) < 4.78 is 31.3. The molecular formula is C12H11ClN2O4S. The van der Waals surface area contributed by atoms with E-state index in [2.05, 4.69) is 9.71 Å². The molecule has 1 heterocycles. The number of nitrogens with one attached hydrogen (secondary N) is 1. The van der Waals surface area contributed by atoms with E-state index in [1.807, 2.05) is 0 Å². The Morgan fingerprint density at radius 1 is 1.30 bits per heavy atom. The number of hydrogen-bond donors (Lipinski definition) is 2. The number of hydrogen-bond acceptors (Lipinski definition) is 5. The van der Waals surface area contributed by atoms with Crippen LogP contribution in [0, 0.1) is 0 Å². The molecule has 0 spiro atoms. The number of ether oxygens (including phenoxy) is 1. The van der Waals surface area contributed by atoms with Crippen molar-refractivity contribution in [1.29, 1.82) is 0 Å². The molecule has 0 aliphatic heterocycles. The van der Waals surface area contributed by atoms with Gasteiger partial charge < -0.3 is 9.84 Å². The summed E-state index contributed by atoms with van der Waals surface area (Å²) in [5.41, 5.74) is 0.207. The lowest BCUT2D eigenvalue weighted by Gasteiger charge is -2.09. The highest BCUT2D eigenvalue weighted by Gasteiger charge is 2.15. The zero-order valence-electron chi connectivity index (χ0n) is 10.4. The van der Waals surface area contributed by atoms with Gasteiger partial charge in [0, 0.05) is 12.3 Å². The van der Waals surface area contributed by atoms with Crippen LogP contribution in [0.5, 0.6) is 11.5 Å². The van der Waals surface area contributed by atoms with E-state index < -0.39 is 10.0 Å². The van der Waals surface area contributed by atoms with E-state index in [1.54, 1.807) is 0 Å². The minimum absolute atomic E-state index is 0.0304. The van der Waals surface area contributed by atoms with E-state index in [0.29, 0.717) is 0 Å². The topological polar surface area (TPSA) is 88.5 Å². The van der Waals surface area contributed by atoms with Crippen LogP contribution in [0.1, 0.15) is 0 Å². The molecule has 8 heteroatoms. The van der Waals surface area contributed by atoms with Crippen molar-refractivity contribution in [3.05, 3.63) is 41.7 Å². The highest BCUT2D eigenvalue weighted by molar-refractivity contribution is 7.92. The smallest absolute Gasteiger partial charge is 0.263 e. The summed E-state index contributed by atoms with van der Waals surface area (Å²) in [6, 6.07) is 6.88. The van der Waals surface area contributed by atoms with Crippen molar-refractivity contribution in [2.24, 2.45) is 0 Å². The van der Waals surface area contributed by atoms with Crippen LogP contribution in [0.3, 0.4) is 0 Å². The first-order valence-corrected chi connectivity index (χ1v) is 7.30. The minimum atomic E-state index is -3.79. The van der Waals surface area contributed by atoms with Crippen LogP contribution in [0.25, 0.3) is 0 Å². The molecule has 0 saturated carbocycles. The van der Waals surface area contributed by atoms with E-state index in [-0.39, 0.29) is 27.2 Å². The molecule has 2 rings (SSSR count). The van der Waals surface area contributed by atoms with Gasteiger partial charge >= 0.3 is 0 Å². The Kier molecular flexibility index (Phi) is 4.01. The summed E-state index contributed by atoms with van der Waals surface area (Å²) in [5.74, 6) is 0.0861. The predicted molar refractivity (Wildman–Crippen MR) is 74.7 cm³/mol. The highest BCUT2D eigenvalue weighted by atomic mass is 35.5. The van der Waals surface area contributed by atoms with Gasteiger partial charge in [-0.3, -0.25) is 4.72 Å². The Bertz CT molecular complexity index is 717. The van der Waals surface area contributed by atoms with Gasteiger partial charge in [-0.05, 0) is 24.3 Å². The Morgan fingerprint density at radius 2 is 2.05 bits per heavy atom. The predicted octanol–water partition coefficient (Wildman–Crippen LogP) is 2.25. The first-order chi connectivity index (χ1) is 9.42. The number of aromatic nitrogens is 1. The largest absolute Gasteiger partial charge is 0.504 e. The van der Waals surface area contributed by atoms with E-state index in [4.69, 9.17) is 16.3 Å². The van der Waals surface area contributed by atoms with Gasteiger partial charge in [-0.25, -0.2) is 13.4 Å². The van der Waals surface area contributed by atoms with Crippen molar-refractivity contribution in [3.63, 3.8) is 0 Å². The number of nitrogens with zero attached hydrogens (tertiary/aromatic N) is 1. The number of rotatable bonds is 4. The second-order valence-electron chi connectivity index (χ2n) is 3.81. The molecule has 0 atom stereocenters. The molecule has 0 radical (unpaired) electrons. The molecule has 0 bridgehead atoms. The van der Waals surface area contributed by atoms with Gasteiger partial charge in [-0.1, -0.05) is 11.6 Å². The number of benzene rings is 1. The maximum absolute atomic E-state index is 12.1. The lowest BCUT2D eigenvalue weighted by atomic mass is 10.3. The lowest BCUT2D eigenvalue weighted by molar-refractivity contribution is 0.373. The summed E-state index contributed by atoms with van der Waals surface area (Å²) in [4.78, 5) is 3.68. The third-order valence-electron chi connectivity index (χ3n) is 2.44. The third-order valence-corrected chi connectivity index (χ3v) is 4.03. The number of anilines is 1. The second kappa shape index (κ2) is 5.56. The lowest BCUT2D eigenvalue weighted by Crippen LogP contribution is -2.13. The number of pyridine rings is 1. The van der Waals surface area contributed by atoms with Crippen LogP contribution < -0.4 is 9.46 Å². The van der Waals surface area contributed by atoms with Crippen molar-refractivity contribution < 1.29 is 18.3 Å². The van der Waals surface area contributed by atoms with Crippen LogP contribution in [-0.4, -0.2) is 25.6 Å². The van der Waals surface area contributed by atoms with E-state index >= 15 is 0 Å². The molecule has 6 nitrogen and oxygen atoms in total.